The number of imide groups is 2. The molecule has 2 aromatic rings. The van der Waals surface area contributed by atoms with E-state index in [-0.39, 0.29) is 18.7 Å². The number of nitro benzene ring substituents is 1. The maximum absolute atomic E-state index is 13.9. The van der Waals surface area contributed by atoms with E-state index in [2.05, 4.69) is 10.2 Å². The van der Waals surface area contributed by atoms with Crippen molar-refractivity contribution >= 4 is 29.2 Å². The SMILES string of the molecule is CCCN1C(=O)NC(=O)C2(Cc3cc([N+](=O)[O-])ccc3N3CCN(Cc4ccccc4)CC32)C1=O. The maximum Gasteiger partial charge on any atom is 0.330 e. The Bertz CT molecular complexity index is 1200. The molecule has 0 aliphatic carbocycles. The van der Waals surface area contributed by atoms with Crippen LogP contribution in [0.3, 0.4) is 0 Å². The molecule has 1 N–H and O–H groups in total. The van der Waals surface area contributed by atoms with Crippen LogP contribution >= 0.6 is 0 Å². The fourth-order valence-electron chi connectivity index (χ4n) is 5.64. The topological polar surface area (TPSA) is 116 Å². The quantitative estimate of drug-likeness (QED) is 0.399. The van der Waals surface area contributed by atoms with E-state index in [9.17, 15) is 24.5 Å². The summed E-state index contributed by atoms with van der Waals surface area (Å²) in [5.41, 5.74) is 0.848. The summed E-state index contributed by atoms with van der Waals surface area (Å²) in [6.07, 6.45) is 0.558. The Labute approximate surface area is 202 Å². The van der Waals surface area contributed by atoms with Crippen molar-refractivity contribution in [2.45, 2.75) is 32.4 Å². The molecule has 2 atom stereocenters. The van der Waals surface area contributed by atoms with E-state index in [4.69, 9.17) is 0 Å². The van der Waals surface area contributed by atoms with Crippen molar-refractivity contribution in [1.82, 2.24) is 15.1 Å². The highest BCUT2D eigenvalue weighted by molar-refractivity contribution is 6.20. The van der Waals surface area contributed by atoms with Crippen LogP contribution in [0.2, 0.25) is 0 Å². The molecule has 10 heteroatoms. The van der Waals surface area contributed by atoms with Crippen molar-refractivity contribution in [3.8, 4) is 0 Å². The smallest absolute Gasteiger partial charge is 0.330 e. The lowest BCUT2D eigenvalue weighted by molar-refractivity contribution is -0.384. The van der Waals surface area contributed by atoms with Crippen LogP contribution in [0.4, 0.5) is 16.2 Å². The zero-order valence-electron chi connectivity index (χ0n) is 19.5. The predicted molar refractivity (Wildman–Crippen MR) is 128 cm³/mol. The van der Waals surface area contributed by atoms with Crippen LogP contribution < -0.4 is 10.2 Å². The summed E-state index contributed by atoms with van der Waals surface area (Å²) >= 11 is 0. The van der Waals surface area contributed by atoms with Crippen molar-refractivity contribution in [3.05, 3.63) is 69.8 Å². The van der Waals surface area contributed by atoms with Gasteiger partial charge in [0.1, 0.15) is 0 Å². The Balaban J connectivity index is 1.59. The summed E-state index contributed by atoms with van der Waals surface area (Å²) in [6.45, 7) is 4.41. The van der Waals surface area contributed by atoms with E-state index in [0.717, 1.165) is 16.2 Å². The minimum absolute atomic E-state index is 0.00250. The number of fused-ring (bicyclic) bond motifs is 4. The molecule has 0 bridgehead atoms. The van der Waals surface area contributed by atoms with Crippen molar-refractivity contribution in [1.29, 1.82) is 0 Å². The van der Waals surface area contributed by atoms with E-state index in [1.54, 1.807) is 6.07 Å². The number of benzene rings is 2. The number of carbonyl (C=O) groups is 3. The van der Waals surface area contributed by atoms with E-state index in [1.165, 1.54) is 12.1 Å². The third kappa shape index (κ3) is 3.74. The number of hydrogen-bond acceptors (Lipinski definition) is 7. The Morgan fingerprint density at radius 2 is 1.89 bits per heavy atom. The van der Waals surface area contributed by atoms with Gasteiger partial charge in [-0.25, -0.2) is 4.79 Å². The number of urea groups is 1. The normalized spacial score (nSPS) is 24.3. The Kier molecular flexibility index (Phi) is 5.76. The lowest BCUT2D eigenvalue weighted by atomic mass is 9.67. The molecule has 2 fully saturated rings. The number of nitro groups is 1. The summed E-state index contributed by atoms with van der Waals surface area (Å²) in [5, 5.41) is 13.9. The molecular formula is C25H27N5O5. The first-order valence-corrected chi connectivity index (χ1v) is 11.8. The molecule has 4 amide bonds. The predicted octanol–water partition coefficient (Wildman–Crippen LogP) is 2.32. The fraction of sp³-hybridized carbons (Fsp3) is 0.400. The second-order valence-electron chi connectivity index (χ2n) is 9.36. The van der Waals surface area contributed by atoms with E-state index >= 15 is 0 Å². The summed E-state index contributed by atoms with van der Waals surface area (Å²) in [7, 11) is 0. The molecular weight excluding hydrogens is 450 g/mol. The number of piperazine rings is 1. The third-order valence-electron chi connectivity index (χ3n) is 7.28. The molecule has 3 heterocycles. The van der Waals surface area contributed by atoms with Crippen LogP contribution in [0.5, 0.6) is 0 Å². The highest BCUT2D eigenvalue weighted by atomic mass is 16.6. The van der Waals surface area contributed by atoms with Crippen molar-refractivity contribution < 1.29 is 19.3 Å². The van der Waals surface area contributed by atoms with Gasteiger partial charge in [-0.2, -0.15) is 0 Å². The van der Waals surface area contributed by atoms with Gasteiger partial charge in [0.15, 0.2) is 5.41 Å². The van der Waals surface area contributed by atoms with Crippen molar-refractivity contribution in [2.24, 2.45) is 5.41 Å². The highest BCUT2D eigenvalue weighted by Crippen LogP contribution is 2.46. The van der Waals surface area contributed by atoms with Crippen LogP contribution in [0, 0.1) is 15.5 Å². The molecule has 0 aromatic heterocycles. The van der Waals surface area contributed by atoms with Gasteiger partial charge in [0.05, 0.1) is 11.0 Å². The third-order valence-corrected chi connectivity index (χ3v) is 7.28. The van der Waals surface area contributed by atoms with Crippen LogP contribution in [0.25, 0.3) is 0 Å². The summed E-state index contributed by atoms with van der Waals surface area (Å²) in [6, 6.07) is 13.4. The first-order valence-electron chi connectivity index (χ1n) is 11.8. The molecule has 10 nitrogen and oxygen atoms in total. The first kappa shape index (κ1) is 23.0. The number of anilines is 1. The van der Waals surface area contributed by atoms with Gasteiger partial charge in [-0.05, 0) is 23.6 Å². The molecule has 3 aliphatic rings. The maximum atomic E-state index is 13.9. The molecule has 182 valence electrons. The second kappa shape index (κ2) is 8.77. The second-order valence-corrected chi connectivity index (χ2v) is 9.36. The summed E-state index contributed by atoms with van der Waals surface area (Å²) < 4.78 is 0. The van der Waals surface area contributed by atoms with Gasteiger partial charge in [0.2, 0.25) is 11.8 Å². The van der Waals surface area contributed by atoms with Crippen LogP contribution in [-0.4, -0.2) is 64.8 Å². The number of hydrogen-bond donors (Lipinski definition) is 1. The average molecular weight is 478 g/mol. The lowest BCUT2D eigenvalue weighted by Crippen LogP contribution is -2.75. The molecule has 5 rings (SSSR count). The number of rotatable bonds is 5. The van der Waals surface area contributed by atoms with Crippen LogP contribution in [0.1, 0.15) is 24.5 Å². The molecule has 2 unspecified atom stereocenters. The van der Waals surface area contributed by atoms with Gasteiger partial charge in [-0.1, -0.05) is 37.3 Å². The number of carbonyl (C=O) groups excluding carboxylic acids is 3. The minimum Gasteiger partial charge on any atom is -0.364 e. The first-order chi connectivity index (χ1) is 16.8. The van der Waals surface area contributed by atoms with E-state index < -0.39 is 34.2 Å². The van der Waals surface area contributed by atoms with Crippen LogP contribution in [0.15, 0.2) is 48.5 Å². The van der Waals surface area contributed by atoms with Gasteiger partial charge >= 0.3 is 6.03 Å². The molecule has 1 spiro atoms. The molecule has 0 saturated carbocycles. The molecule has 0 radical (unpaired) electrons. The monoisotopic (exact) mass is 477 g/mol. The summed E-state index contributed by atoms with van der Waals surface area (Å²) in [5.74, 6) is -1.16. The number of amides is 4. The highest BCUT2D eigenvalue weighted by Gasteiger charge is 2.62. The fourth-order valence-corrected chi connectivity index (χ4v) is 5.64. The number of barbiturate groups is 1. The Morgan fingerprint density at radius 3 is 2.60 bits per heavy atom. The van der Waals surface area contributed by atoms with Gasteiger partial charge in [0, 0.05) is 57.0 Å². The zero-order chi connectivity index (χ0) is 24.7. The number of non-ortho nitro benzene ring substituents is 1. The average Bonchev–Trinajstić information content (AvgIpc) is 2.85. The van der Waals surface area contributed by atoms with Crippen molar-refractivity contribution in [3.63, 3.8) is 0 Å². The number of nitrogens with zero attached hydrogens (tertiary/aromatic N) is 4. The molecule has 3 aliphatic heterocycles. The van der Waals surface area contributed by atoms with Gasteiger partial charge in [-0.15, -0.1) is 0 Å². The minimum atomic E-state index is -1.55. The standard InChI is InChI=1S/C25H27N5O5/c1-2-10-29-23(32)25(22(31)26-24(29)33)14-18-13-19(30(34)35)8-9-20(18)28-12-11-27(16-21(25)28)15-17-6-4-3-5-7-17/h3-9,13,21H,2,10-12,14-16H2,1H3,(H,26,31,33). The molecule has 35 heavy (non-hydrogen) atoms. The van der Waals surface area contributed by atoms with E-state index in [0.29, 0.717) is 38.2 Å². The van der Waals surface area contributed by atoms with E-state index in [1.807, 2.05) is 42.2 Å². The van der Waals surface area contributed by atoms with Crippen LogP contribution in [-0.2, 0) is 22.6 Å². The summed E-state index contributed by atoms with van der Waals surface area (Å²) in [4.78, 5) is 56.3. The van der Waals surface area contributed by atoms with Gasteiger partial charge in [-0.3, -0.25) is 34.8 Å². The Hall–Kier alpha value is -3.79. The van der Waals surface area contributed by atoms with Gasteiger partial charge < -0.3 is 4.90 Å². The molecule has 2 aromatic carbocycles. The van der Waals surface area contributed by atoms with Crippen molar-refractivity contribution in [2.75, 3.05) is 31.1 Å². The Morgan fingerprint density at radius 1 is 1.11 bits per heavy atom. The van der Waals surface area contributed by atoms with Gasteiger partial charge in [0.25, 0.3) is 5.69 Å². The lowest BCUT2D eigenvalue weighted by Gasteiger charge is -2.55. The molecule has 2 saturated heterocycles. The number of nitrogens with one attached hydrogen (secondary N) is 1. The zero-order valence-corrected chi connectivity index (χ0v) is 19.5. The largest absolute Gasteiger partial charge is 0.364 e.